The van der Waals surface area contributed by atoms with Gasteiger partial charge >= 0.3 is 0 Å². The van der Waals surface area contributed by atoms with E-state index in [0.29, 0.717) is 12.6 Å². The van der Waals surface area contributed by atoms with Crippen LogP contribution in [-0.4, -0.2) is 6.54 Å². The standard InChI is InChI=1S/C16H21N/c1-2-13-17-16(14-9-5-3-6-10-14)15-11-7-4-8-12-15/h1,3,5-6,9-10,15-17H,4,7-8,11-13H2. The number of rotatable bonds is 4. The third kappa shape index (κ3) is 3.35. The van der Waals surface area contributed by atoms with E-state index in [9.17, 15) is 0 Å². The highest BCUT2D eigenvalue weighted by Crippen LogP contribution is 2.34. The second kappa shape index (κ2) is 6.47. The van der Waals surface area contributed by atoms with E-state index in [1.165, 1.54) is 37.7 Å². The first-order valence-corrected chi connectivity index (χ1v) is 6.63. The first-order valence-electron chi connectivity index (χ1n) is 6.63. The van der Waals surface area contributed by atoms with Gasteiger partial charge in [0, 0.05) is 6.04 Å². The predicted octanol–water partition coefficient (Wildman–Crippen LogP) is 3.53. The van der Waals surface area contributed by atoms with Gasteiger partial charge in [-0.15, -0.1) is 6.42 Å². The highest BCUT2D eigenvalue weighted by atomic mass is 14.9. The van der Waals surface area contributed by atoms with Crippen LogP contribution in [0.5, 0.6) is 0 Å². The molecule has 1 aromatic rings. The molecule has 1 aliphatic rings. The van der Waals surface area contributed by atoms with Gasteiger partial charge in [-0.3, -0.25) is 5.32 Å². The summed E-state index contributed by atoms with van der Waals surface area (Å²) in [7, 11) is 0. The van der Waals surface area contributed by atoms with Crippen LogP contribution in [0.1, 0.15) is 43.7 Å². The molecule has 0 bridgehead atoms. The van der Waals surface area contributed by atoms with Crippen molar-refractivity contribution in [3.63, 3.8) is 0 Å². The quantitative estimate of drug-likeness (QED) is 0.776. The van der Waals surface area contributed by atoms with Gasteiger partial charge in [0.25, 0.3) is 0 Å². The molecular formula is C16H21N. The fourth-order valence-electron chi connectivity index (χ4n) is 2.85. The molecule has 0 aromatic heterocycles. The second-order valence-electron chi connectivity index (χ2n) is 4.87. The van der Waals surface area contributed by atoms with Crippen LogP contribution >= 0.6 is 0 Å². The Hall–Kier alpha value is -1.26. The van der Waals surface area contributed by atoms with Crippen molar-refractivity contribution < 1.29 is 0 Å². The SMILES string of the molecule is C#CCNC(c1ccccc1)C1CCCCC1. The van der Waals surface area contributed by atoms with E-state index < -0.39 is 0 Å². The molecule has 1 atom stereocenters. The van der Waals surface area contributed by atoms with E-state index in [1.807, 2.05) is 0 Å². The molecule has 1 aliphatic carbocycles. The Morgan fingerprint density at radius 2 is 1.88 bits per heavy atom. The lowest BCUT2D eigenvalue weighted by molar-refractivity contribution is 0.277. The number of nitrogens with one attached hydrogen (secondary N) is 1. The van der Waals surface area contributed by atoms with Gasteiger partial charge in [0.15, 0.2) is 0 Å². The Labute approximate surface area is 105 Å². The van der Waals surface area contributed by atoms with E-state index in [4.69, 9.17) is 6.42 Å². The summed E-state index contributed by atoms with van der Waals surface area (Å²) in [6.45, 7) is 0.663. The minimum absolute atomic E-state index is 0.438. The number of terminal acetylenes is 1. The molecule has 1 N–H and O–H groups in total. The Bertz CT molecular complexity index is 357. The van der Waals surface area contributed by atoms with Crippen LogP contribution in [0.15, 0.2) is 30.3 Å². The van der Waals surface area contributed by atoms with Crippen molar-refractivity contribution in [2.75, 3.05) is 6.54 Å². The van der Waals surface area contributed by atoms with Crippen LogP contribution in [0.2, 0.25) is 0 Å². The zero-order valence-electron chi connectivity index (χ0n) is 10.4. The molecule has 17 heavy (non-hydrogen) atoms. The van der Waals surface area contributed by atoms with Gasteiger partial charge in [-0.2, -0.15) is 0 Å². The summed E-state index contributed by atoms with van der Waals surface area (Å²) >= 11 is 0. The topological polar surface area (TPSA) is 12.0 Å². The fourth-order valence-corrected chi connectivity index (χ4v) is 2.85. The number of hydrogen-bond donors (Lipinski definition) is 1. The minimum atomic E-state index is 0.438. The molecule has 90 valence electrons. The Balaban J connectivity index is 2.10. The summed E-state index contributed by atoms with van der Waals surface area (Å²) in [6.07, 6.45) is 12.2. The summed E-state index contributed by atoms with van der Waals surface area (Å²) in [5.41, 5.74) is 1.38. The van der Waals surface area contributed by atoms with Gasteiger partial charge in [0.05, 0.1) is 6.54 Å². The molecule has 0 saturated heterocycles. The first kappa shape index (κ1) is 12.2. The lowest BCUT2D eigenvalue weighted by Gasteiger charge is -2.31. The Morgan fingerprint density at radius 3 is 2.53 bits per heavy atom. The Kier molecular flexibility index (Phi) is 4.64. The maximum absolute atomic E-state index is 5.37. The van der Waals surface area contributed by atoms with Gasteiger partial charge in [0.1, 0.15) is 0 Å². The van der Waals surface area contributed by atoms with Crippen LogP contribution < -0.4 is 5.32 Å². The van der Waals surface area contributed by atoms with Crippen LogP contribution in [0, 0.1) is 18.3 Å². The predicted molar refractivity (Wildman–Crippen MR) is 72.6 cm³/mol. The summed E-state index contributed by atoms with van der Waals surface area (Å²) in [5.74, 6) is 3.45. The van der Waals surface area contributed by atoms with Crippen LogP contribution in [-0.2, 0) is 0 Å². The molecule has 1 heteroatoms. The third-order valence-corrected chi connectivity index (χ3v) is 3.70. The molecule has 1 nitrogen and oxygen atoms in total. The van der Waals surface area contributed by atoms with Crippen molar-refractivity contribution in [3.8, 4) is 12.3 Å². The van der Waals surface area contributed by atoms with Crippen LogP contribution in [0.25, 0.3) is 0 Å². The maximum Gasteiger partial charge on any atom is 0.0578 e. The van der Waals surface area contributed by atoms with Gasteiger partial charge in [-0.25, -0.2) is 0 Å². The monoisotopic (exact) mass is 227 g/mol. The third-order valence-electron chi connectivity index (χ3n) is 3.70. The highest BCUT2D eigenvalue weighted by Gasteiger charge is 2.24. The molecular weight excluding hydrogens is 206 g/mol. The molecule has 0 spiro atoms. The molecule has 0 amide bonds. The lowest BCUT2D eigenvalue weighted by Crippen LogP contribution is -2.30. The minimum Gasteiger partial charge on any atom is -0.299 e. The van der Waals surface area contributed by atoms with E-state index in [2.05, 4.69) is 41.6 Å². The average molecular weight is 227 g/mol. The van der Waals surface area contributed by atoms with Gasteiger partial charge in [0.2, 0.25) is 0 Å². The molecule has 2 rings (SSSR count). The molecule has 0 radical (unpaired) electrons. The van der Waals surface area contributed by atoms with Crippen LogP contribution in [0.4, 0.5) is 0 Å². The molecule has 1 aromatic carbocycles. The van der Waals surface area contributed by atoms with Crippen molar-refractivity contribution in [2.45, 2.75) is 38.1 Å². The molecule has 1 unspecified atom stereocenters. The van der Waals surface area contributed by atoms with Gasteiger partial charge in [-0.1, -0.05) is 55.5 Å². The fraction of sp³-hybridized carbons (Fsp3) is 0.500. The van der Waals surface area contributed by atoms with Crippen molar-refractivity contribution in [2.24, 2.45) is 5.92 Å². The van der Waals surface area contributed by atoms with E-state index in [-0.39, 0.29) is 0 Å². The maximum atomic E-state index is 5.37. The van der Waals surface area contributed by atoms with Gasteiger partial charge in [-0.05, 0) is 24.3 Å². The normalized spacial score (nSPS) is 18.5. The van der Waals surface area contributed by atoms with E-state index >= 15 is 0 Å². The van der Waals surface area contributed by atoms with E-state index in [0.717, 1.165) is 5.92 Å². The molecule has 0 aliphatic heterocycles. The Morgan fingerprint density at radius 1 is 1.18 bits per heavy atom. The molecule has 1 saturated carbocycles. The number of benzene rings is 1. The zero-order valence-corrected chi connectivity index (χ0v) is 10.4. The number of hydrogen-bond acceptors (Lipinski definition) is 1. The zero-order chi connectivity index (χ0) is 11.9. The summed E-state index contributed by atoms with van der Waals surface area (Å²) in [6, 6.07) is 11.2. The van der Waals surface area contributed by atoms with Crippen molar-refractivity contribution in [3.05, 3.63) is 35.9 Å². The smallest absolute Gasteiger partial charge is 0.0578 e. The molecule has 0 heterocycles. The largest absolute Gasteiger partial charge is 0.299 e. The van der Waals surface area contributed by atoms with Crippen molar-refractivity contribution in [1.82, 2.24) is 5.32 Å². The average Bonchev–Trinajstić information content (AvgIpc) is 2.42. The van der Waals surface area contributed by atoms with Crippen LogP contribution in [0.3, 0.4) is 0 Å². The summed E-state index contributed by atoms with van der Waals surface area (Å²) < 4.78 is 0. The second-order valence-corrected chi connectivity index (χ2v) is 4.87. The van der Waals surface area contributed by atoms with Crippen molar-refractivity contribution in [1.29, 1.82) is 0 Å². The first-order chi connectivity index (χ1) is 8.42. The summed E-state index contributed by atoms with van der Waals surface area (Å²) in [4.78, 5) is 0. The van der Waals surface area contributed by atoms with Crippen molar-refractivity contribution >= 4 is 0 Å². The highest BCUT2D eigenvalue weighted by molar-refractivity contribution is 5.20. The summed E-state index contributed by atoms with van der Waals surface area (Å²) in [5, 5.41) is 3.52. The van der Waals surface area contributed by atoms with Gasteiger partial charge < -0.3 is 0 Å². The molecule has 1 fully saturated rings. The lowest BCUT2D eigenvalue weighted by atomic mass is 9.81. The van der Waals surface area contributed by atoms with E-state index in [1.54, 1.807) is 0 Å².